The van der Waals surface area contributed by atoms with Gasteiger partial charge >= 0.3 is 0 Å². The molecule has 77 heavy (non-hydrogen) atoms. The quantitative estimate of drug-likeness (QED) is 0.152. The molecule has 1 aliphatic carbocycles. The molecule has 0 aliphatic heterocycles. The van der Waals surface area contributed by atoms with Gasteiger partial charge in [-0.05, 0) is 143 Å². The molecule has 0 fully saturated rings. The topological polar surface area (TPSA) is 32.8 Å². The van der Waals surface area contributed by atoms with Crippen molar-refractivity contribution in [2.45, 2.75) is 33.1 Å². The van der Waals surface area contributed by atoms with Crippen LogP contribution in [-0.2, 0) is 5.41 Å². The fraction of sp³-hybridized carbons (Fsp3) is 0.0685. The van der Waals surface area contributed by atoms with E-state index in [1.165, 1.54) is 55.3 Å². The Kier molecular flexibility index (Phi) is 10.0. The molecular formula is C73H52N2O2. The monoisotopic (exact) mass is 988 g/mol. The summed E-state index contributed by atoms with van der Waals surface area (Å²) >= 11 is 0. The third kappa shape index (κ3) is 6.58. The lowest BCUT2D eigenvalue weighted by molar-refractivity contribution is 0.668. The van der Waals surface area contributed by atoms with Gasteiger partial charge in [-0.2, -0.15) is 0 Å². The van der Waals surface area contributed by atoms with E-state index in [0.29, 0.717) is 0 Å². The molecule has 2 aromatic heterocycles. The Bertz CT molecular complexity index is 4400. The molecule has 1 aliphatic rings. The van der Waals surface area contributed by atoms with Crippen molar-refractivity contribution in [3.05, 3.63) is 287 Å². The van der Waals surface area contributed by atoms with Crippen LogP contribution in [0.15, 0.2) is 251 Å². The number of hydrogen-bond acceptors (Lipinski definition) is 4. The van der Waals surface area contributed by atoms with Gasteiger partial charge in [-0.15, -0.1) is 0 Å². The molecule has 0 saturated heterocycles. The average Bonchev–Trinajstić information content (AvgIpc) is 4.35. The maximum absolute atomic E-state index is 6.98. The molecule has 15 rings (SSSR count). The SMILES string of the molecule is Cc1ccc(C)c(N(c2cc3c(c4ccccc24)-c2c(cc(N(c4cc(C)ccc4C)c4cccc5c4oc4ccccc45)c4ccccc24)C3(c2ccccc2)c2ccccc2)c2cccc3c2oc2ccccc23)c1. The van der Waals surface area contributed by atoms with Crippen LogP contribution >= 0.6 is 0 Å². The van der Waals surface area contributed by atoms with E-state index in [9.17, 15) is 0 Å². The first-order valence-corrected chi connectivity index (χ1v) is 26.7. The van der Waals surface area contributed by atoms with E-state index >= 15 is 0 Å². The standard InChI is InChI=1S/C73H52N2O2/c1-45-37-39-47(3)63(41-45)74(61-33-19-31-57-53-27-15-17-35-67(53)76-71(57)61)65-43-59-69(55-29-13-11-25-51(55)65)70-56-30-14-12-26-52(56)66(44-60(70)73(59,49-21-7-5-8-22-49)50-23-9-6-10-24-50)75(64-42-46(2)38-40-48(64)4)62-34-20-32-58-54-28-16-18-36-68(54)77-72(58)62/h5-44H,1-4H3. The van der Waals surface area contributed by atoms with Crippen molar-refractivity contribution in [2.75, 3.05) is 9.80 Å². The molecule has 0 saturated carbocycles. The minimum atomic E-state index is -0.817. The summed E-state index contributed by atoms with van der Waals surface area (Å²) in [5.74, 6) is 0. The Morgan fingerprint density at radius 1 is 0.286 bits per heavy atom. The van der Waals surface area contributed by atoms with Crippen molar-refractivity contribution in [3.8, 4) is 11.1 Å². The molecule has 4 heteroatoms. The van der Waals surface area contributed by atoms with E-state index in [4.69, 9.17) is 8.83 Å². The molecule has 0 atom stereocenters. The highest BCUT2D eigenvalue weighted by molar-refractivity contribution is 6.20. The van der Waals surface area contributed by atoms with E-state index in [1.54, 1.807) is 0 Å². The third-order valence-corrected chi connectivity index (χ3v) is 16.5. The van der Waals surface area contributed by atoms with Crippen molar-refractivity contribution >= 4 is 99.5 Å². The van der Waals surface area contributed by atoms with Crippen LogP contribution < -0.4 is 9.80 Å². The van der Waals surface area contributed by atoms with Crippen LogP contribution in [0.2, 0.25) is 0 Å². The second kappa shape index (κ2) is 17.2. The number of furan rings is 2. The average molecular weight is 989 g/mol. The molecule has 0 bridgehead atoms. The molecule has 12 aromatic carbocycles. The Balaban J connectivity index is 1.12. The largest absolute Gasteiger partial charge is 0.454 e. The maximum atomic E-state index is 6.98. The van der Waals surface area contributed by atoms with Gasteiger partial charge in [0.05, 0.1) is 28.2 Å². The zero-order chi connectivity index (χ0) is 51.5. The van der Waals surface area contributed by atoms with Gasteiger partial charge in [0.15, 0.2) is 11.2 Å². The number of aryl methyl sites for hydroxylation is 4. The molecule has 366 valence electrons. The Hall–Kier alpha value is -9.64. The summed E-state index contributed by atoms with van der Waals surface area (Å²) in [4.78, 5) is 4.97. The van der Waals surface area contributed by atoms with Crippen LogP contribution in [0.4, 0.5) is 34.1 Å². The van der Waals surface area contributed by atoms with Gasteiger partial charge in [0.1, 0.15) is 11.2 Å². The Morgan fingerprint density at radius 3 is 1.08 bits per heavy atom. The first kappa shape index (κ1) is 44.8. The van der Waals surface area contributed by atoms with Crippen molar-refractivity contribution in [1.29, 1.82) is 0 Å². The van der Waals surface area contributed by atoms with Crippen LogP contribution in [0.1, 0.15) is 44.5 Å². The van der Waals surface area contributed by atoms with Gasteiger partial charge in [0, 0.05) is 43.7 Å². The van der Waals surface area contributed by atoms with Gasteiger partial charge in [-0.1, -0.05) is 194 Å². The van der Waals surface area contributed by atoms with Gasteiger partial charge < -0.3 is 18.6 Å². The summed E-state index contributed by atoms with van der Waals surface area (Å²) in [6.07, 6.45) is 0. The van der Waals surface area contributed by atoms with Gasteiger partial charge in [-0.3, -0.25) is 0 Å². The molecule has 0 spiro atoms. The van der Waals surface area contributed by atoms with Crippen molar-refractivity contribution < 1.29 is 8.83 Å². The van der Waals surface area contributed by atoms with Crippen LogP contribution in [-0.4, -0.2) is 0 Å². The lowest BCUT2D eigenvalue weighted by Gasteiger charge is -2.36. The van der Waals surface area contributed by atoms with E-state index in [0.717, 1.165) is 99.9 Å². The summed E-state index contributed by atoms with van der Waals surface area (Å²) in [6.45, 7) is 8.83. The molecule has 14 aromatic rings. The fourth-order valence-electron chi connectivity index (χ4n) is 13.0. The molecule has 0 amide bonds. The van der Waals surface area contributed by atoms with Gasteiger partial charge in [0.2, 0.25) is 0 Å². The van der Waals surface area contributed by atoms with Crippen LogP contribution in [0.3, 0.4) is 0 Å². The highest BCUT2D eigenvalue weighted by Gasteiger charge is 2.49. The normalized spacial score (nSPS) is 12.8. The lowest BCUT2D eigenvalue weighted by Crippen LogP contribution is -2.29. The second-order valence-electron chi connectivity index (χ2n) is 21.0. The van der Waals surface area contributed by atoms with Gasteiger partial charge in [-0.25, -0.2) is 0 Å². The predicted octanol–water partition coefficient (Wildman–Crippen LogP) is 20.3. The summed E-state index contributed by atoms with van der Waals surface area (Å²) in [5, 5.41) is 9.01. The second-order valence-corrected chi connectivity index (χ2v) is 21.0. The number of benzene rings is 12. The van der Waals surface area contributed by atoms with Crippen molar-refractivity contribution in [1.82, 2.24) is 0 Å². The zero-order valence-corrected chi connectivity index (χ0v) is 43.3. The molecule has 0 radical (unpaired) electrons. The third-order valence-electron chi connectivity index (χ3n) is 16.5. The van der Waals surface area contributed by atoms with Crippen LogP contribution in [0, 0.1) is 27.7 Å². The predicted molar refractivity (Wildman–Crippen MR) is 322 cm³/mol. The van der Waals surface area contributed by atoms with Crippen molar-refractivity contribution in [3.63, 3.8) is 0 Å². The fourth-order valence-corrected chi connectivity index (χ4v) is 13.0. The lowest BCUT2D eigenvalue weighted by atomic mass is 9.67. The molecule has 4 nitrogen and oxygen atoms in total. The van der Waals surface area contributed by atoms with E-state index < -0.39 is 5.41 Å². The number of rotatable bonds is 8. The molecule has 0 unspecified atom stereocenters. The Morgan fingerprint density at radius 2 is 0.649 bits per heavy atom. The number of nitrogens with zero attached hydrogens (tertiary/aromatic N) is 2. The summed E-state index contributed by atoms with van der Waals surface area (Å²) < 4.78 is 14.0. The summed E-state index contributed by atoms with van der Waals surface area (Å²) in [7, 11) is 0. The maximum Gasteiger partial charge on any atom is 0.159 e. The highest BCUT2D eigenvalue weighted by atomic mass is 16.3. The smallest absolute Gasteiger partial charge is 0.159 e. The zero-order valence-electron chi connectivity index (χ0n) is 43.3. The van der Waals surface area contributed by atoms with E-state index in [-0.39, 0.29) is 0 Å². The first-order chi connectivity index (χ1) is 37.9. The first-order valence-electron chi connectivity index (χ1n) is 26.7. The van der Waals surface area contributed by atoms with Crippen molar-refractivity contribution in [2.24, 2.45) is 0 Å². The number of fused-ring (bicyclic) bond motifs is 13. The highest BCUT2D eigenvalue weighted by Crippen LogP contribution is 2.63. The van der Waals surface area contributed by atoms with Crippen LogP contribution in [0.25, 0.3) is 76.5 Å². The van der Waals surface area contributed by atoms with Crippen LogP contribution in [0.5, 0.6) is 0 Å². The minimum absolute atomic E-state index is 0.817. The molecular weight excluding hydrogens is 937 g/mol. The summed E-state index contributed by atoms with van der Waals surface area (Å²) in [6, 6.07) is 89.3. The minimum Gasteiger partial charge on any atom is -0.454 e. The van der Waals surface area contributed by atoms with E-state index in [2.05, 4.69) is 280 Å². The summed E-state index contributed by atoms with van der Waals surface area (Å²) in [5.41, 5.74) is 20.9. The molecule has 0 N–H and O–H groups in total. The number of hydrogen-bond donors (Lipinski definition) is 0. The number of anilines is 6. The van der Waals surface area contributed by atoms with E-state index in [1.807, 2.05) is 0 Å². The Labute approximate surface area is 447 Å². The molecule has 2 heterocycles. The number of para-hydroxylation sites is 4. The van der Waals surface area contributed by atoms with Gasteiger partial charge in [0.25, 0.3) is 0 Å².